The monoisotopic (exact) mass is 285 g/mol. The quantitative estimate of drug-likeness (QED) is 0.837. The van der Waals surface area contributed by atoms with E-state index in [1.54, 1.807) is 0 Å². The van der Waals surface area contributed by atoms with E-state index in [0.29, 0.717) is 12.1 Å². The van der Waals surface area contributed by atoms with Crippen LogP contribution < -0.4 is 5.32 Å². The fourth-order valence-electron chi connectivity index (χ4n) is 3.05. The van der Waals surface area contributed by atoms with E-state index < -0.39 is 0 Å². The molecule has 1 N–H and O–H groups in total. The van der Waals surface area contributed by atoms with Gasteiger partial charge in [-0.15, -0.1) is 0 Å². The molecule has 1 fully saturated rings. The van der Waals surface area contributed by atoms with Crippen LogP contribution in [0.4, 0.5) is 0 Å². The molecule has 0 spiro atoms. The highest BCUT2D eigenvalue weighted by molar-refractivity contribution is 5.36. The van der Waals surface area contributed by atoms with Crippen molar-refractivity contribution in [3.63, 3.8) is 0 Å². The van der Waals surface area contributed by atoms with E-state index >= 15 is 0 Å². The van der Waals surface area contributed by atoms with Crippen molar-refractivity contribution >= 4 is 0 Å². The highest BCUT2D eigenvalue weighted by atomic mass is 15.1. The molecule has 0 bridgehead atoms. The standard InChI is InChI=1S/C18H27N3/c1-4-15(2)21(3)11-10-20-17-12-18(13-17,14-19)16-8-6-5-7-9-16/h5-9,15,17,20H,4,10-13H2,1-3H3. The summed E-state index contributed by atoms with van der Waals surface area (Å²) in [6, 6.07) is 13.9. The first-order valence-electron chi connectivity index (χ1n) is 8.01. The highest BCUT2D eigenvalue weighted by Gasteiger charge is 2.45. The summed E-state index contributed by atoms with van der Waals surface area (Å²) in [5, 5.41) is 13.1. The third-order valence-corrected chi connectivity index (χ3v) is 4.97. The molecule has 0 aromatic heterocycles. The van der Waals surface area contributed by atoms with Crippen LogP contribution in [0.5, 0.6) is 0 Å². The molecule has 3 heteroatoms. The average Bonchev–Trinajstić information content (AvgIpc) is 2.49. The minimum absolute atomic E-state index is 0.262. The molecule has 0 saturated heterocycles. The molecule has 114 valence electrons. The molecule has 1 aromatic rings. The van der Waals surface area contributed by atoms with Crippen LogP contribution in [0, 0.1) is 11.3 Å². The second kappa shape index (κ2) is 7.06. The van der Waals surface area contributed by atoms with Gasteiger partial charge in [0.15, 0.2) is 0 Å². The number of rotatable bonds is 7. The lowest BCUT2D eigenvalue weighted by Gasteiger charge is -2.43. The summed E-state index contributed by atoms with van der Waals surface area (Å²) >= 11 is 0. The van der Waals surface area contributed by atoms with Crippen molar-refractivity contribution in [1.82, 2.24) is 10.2 Å². The van der Waals surface area contributed by atoms with E-state index in [4.69, 9.17) is 0 Å². The van der Waals surface area contributed by atoms with Gasteiger partial charge in [0.2, 0.25) is 0 Å². The predicted octanol–water partition coefficient (Wildman–Crippen LogP) is 2.93. The average molecular weight is 285 g/mol. The van der Waals surface area contributed by atoms with Crippen LogP contribution in [0.1, 0.15) is 38.7 Å². The first kappa shape index (κ1) is 16.0. The summed E-state index contributed by atoms with van der Waals surface area (Å²) in [5.74, 6) is 0. The Hall–Kier alpha value is -1.37. The third kappa shape index (κ3) is 3.64. The minimum atomic E-state index is -0.262. The molecular weight excluding hydrogens is 258 g/mol. The van der Waals surface area contributed by atoms with Crippen molar-refractivity contribution in [3.8, 4) is 6.07 Å². The van der Waals surface area contributed by atoms with Crippen molar-refractivity contribution in [2.45, 2.75) is 50.6 Å². The van der Waals surface area contributed by atoms with E-state index in [2.05, 4.69) is 49.3 Å². The summed E-state index contributed by atoms with van der Waals surface area (Å²) in [5.41, 5.74) is 0.906. The molecule has 1 aliphatic rings. The molecule has 1 saturated carbocycles. The number of hydrogen-bond acceptors (Lipinski definition) is 3. The van der Waals surface area contributed by atoms with Gasteiger partial charge in [0.1, 0.15) is 0 Å². The van der Waals surface area contributed by atoms with Gasteiger partial charge in [-0.25, -0.2) is 0 Å². The van der Waals surface area contributed by atoms with Crippen LogP contribution in [0.2, 0.25) is 0 Å². The first-order valence-corrected chi connectivity index (χ1v) is 8.01. The molecule has 1 aliphatic carbocycles. The molecule has 1 unspecified atom stereocenters. The molecule has 0 amide bonds. The van der Waals surface area contributed by atoms with Crippen LogP contribution in [0.15, 0.2) is 30.3 Å². The SMILES string of the molecule is CCC(C)N(C)CCNC1CC(C#N)(c2ccccc2)C1. The molecule has 3 nitrogen and oxygen atoms in total. The first-order chi connectivity index (χ1) is 10.1. The number of benzene rings is 1. The van der Waals surface area contributed by atoms with Crippen molar-refractivity contribution in [2.75, 3.05) is 20.1 Å². The maximum atomic E-state index is 9.54. The van der Waals surface area contributed by atoms with Crippen molar-refractivity contribution in [2.24, 2.45) is 0 Å². The Morgan fingerprint density at radius 3 is 2.62 bits per heavy atom. The Balaban J connectivity index is 1.77. The van der Waals surface area contributed by atoms with E-state index in [-0.39, 0.29) is 5.41 Å². The maximum Gasteiger partial charge on any atom is 0.0852 e. The van der Waals surface area contributed by atoms with Crippen LogP contribution in [-0.4, -0.2) is 37.1 Å². The molecule has 2 rings (SSSR count). The summed E-state index contributed by atoms with van der Waals surface area (Å²) in [4.78, 5) is 2.39. The molecule has 0 aliphatic heterocycles. The number of nitriles is 1. The molecule has 21 heavy (non-hydrogen) atoms. The number of nitrogens with zero attached hydrogens (tertiary/aromatic N) is 2. The fourth-order valence-corrected chi connectivity index (χ4v) is 3.05. The van der Waals surface area contributed by atoms with E-state index in [9.17, 15) is 5.26 Å². The topological polar surface area (TPSA) is 39.1 Å². The van der Waals surface area contributed by atoms with Gasteiger partial charge in [-0.1, -0.05) is 37.3 Å². The molecule has 0 radical (unpaired) electrons. The lowest BCUT2D eigenvalue weighted by molar-refractivity contribution is 0.203. The van der Waals surface area contributed by atoms with Gasteiger partial charge in [0.05, 0.1) is 11.5 Å². The minimum Gasteiger partial charge on any atom is -0.313 e. The van der Waals surface area contributed by atoms with E-state index in [0.717, 1.165) is 25.9 Å². The normalized spacial score (nSPS) is 26.1. The van der Waals surface area contributed by atoms with Gasteiger partial charge in [0.25, 0.3) is 0 Å². The van der Waals surface area contributed by atoms with Gasteiger partial charge in [-0.3, -0.25) is 0 Å². The second-order valence-corrected chi connectivity index (χ2v) is 6.36. The Morgan fingerprint density at radius 2 is 2.05 bits per heavy atom. The van der Waals surface area contributed by atoms with Crippen LogP contribution in [0.3, 0.4) is 0 Å². The zero-order valence-corrected chi connectivity index (χ0v) is 13.5. The Kier molecular flexibility index (Phi) is 5.39. The number of likely N-dealkylation sites (N-methyl/N-ethyl adjacent to an activating group) is 1. The zero-order chi connectivity index (χ0) is 15.3. The third-order valence-electron chi connectivity index (χ3n) is 4.97. The largest absolute Gasteiger partial charge is 0.313 e. The van der Waals surface area contributed by atoms with Gasteiger partial charge in [-0.05, 0) is 38.8 Å². The molecular formula is C18H27N3. The summed E-state index contributed by atoms with van der Waals surface area (Å²) in [6.07, 6.45) is 3.05. The summed E-state index contributed by atoms with van der Waals surface area (Å²) in [7, 11) is 2.18. The van der Waals surface area contributed by atoms with Crippen molar-refractivity contribution in [3.05, 3.63) is 35.9 Å². The Morgan fingerprint density at radius 1 is 1.38 bits per heavy atom. The number of nitrogens with one attached hydrogen (secondary N) is 1. The van der Waals surface area contributed by atoms with Gasteiger partial charge in [-0.2, -0.15) is 5.26 Å². The zero-order valence-electron chi connectivity index (χ0n) is 13.5. The number of hydrogen-bond donors (Lipinski definition) is 1. The van der Waals surface area contributed by atoms with Gasteiger partial charge >= 0.3 is 0 Å². The summed E-state index contributed by atoms with van der Waals surface area (Å²) < 4.78 is 0. The molecule has 1 aromatic carbocycles. The van der Waals surface area contributed by atoms with Crippen LogP contribution in [-0.2, 0) is 5.41 Å². The van der Waals surface area contributed by atoms with E-state index in [1.807, 2.05) is 18.2 Å². The fraction of sp³-hybridized carbons (Fsp3) is 0.611. The van der Waals surface area contributed by atoms with Crippen molar-refractivity contribution < 1.29 is 0 Å². The van der Waals surface area contributed by atoms with Crippen molar-refractivity contribution in [1.29, 1.82) is 5.26 Å². The van der Waals surface area contributed by atoms with Gasteiger partial charge < -0.3 is 10.2 Å². The second-order valence-electron chi connectivity index (χ2n) is 6.36. The predicted molar refractivity (Wildman–Crippen MR) is 87.1 cm³/mol. The van der Waals surface area contributed by atoms with Gasteiger partial charge in [0, 0.05) is 25.2 Å². The van der Waals surface area contributed by atoms with Crippen LogP contribution in [0.25, 0.3) is 0 Å². The molecule has 1 atom stereocenters. The lowest BCUT2D eigenvalue weighted by atomic mass is 9.62. The Labute approximate surface area is 129 Å². The lowest BCUT2D eigenvalue weighted by Crippen LogP contribution is -2.52. The van der Waals surface area contributed by atoms with Crippen LogP contribution >= 0.6 is 0 Å². The van der Waals surface area contributed by atoms with E-state index in [1.165, 1.54) is 12.0 Å². The maximum absolute atomic E-state index is 9.54. The highest BCUT2D eigenvalue weighted by Crippen LogP contribution is 2.43. The Bertz CT molecular complexity index is 471. The molecule has 0 heterocycles. The summed E-state index contributed by atoms with van der Waals surface area (Å²) in [6.45, 7) is 6.55. The smallest absolute Gasteiger partial charge is 0.0852 e.